The van der Waals surface area contributed by atoms with Crippen LogP contribution in [0.2, 0.25) is 0 Å². The highest BCUT2D eigenvalue weighted by Gasteiger charge is 2.52. The maximum Gasteiger partial charge on any atom is 0.314 e. The fraction of sp³-hybridized carbons (Fsp3) is 0.417. The van der Waals surface area contributed by atoms with Gasteiger partial charge >= 0.3 is 5.97 Å². The van der Waals surface area contributed by atoms with E-state index in [1.807, 2.05) is 0 Å². The van der Waals surface area contributed by atoms with Crippen LogP contribution in [0, 0.1) is 0 Å². The minimum atomic E-state index is -3.18. The van der Waals surface area contributed by atoms with Gasteiger partial charge in [-0.05, 0) is 36.5 Å². The first-order valence-corrected chi connectivity index (χ1v) is 7.20. The van der Waals surface area contributed by atoms with Crippen molar-refractivity contribution in [3.05, 3.63) is 29.3 Å². The smallest absolute Gasteiger partial charge is 0.314 e. The van der Waals surface area contributed by atoms with Crippen molar-refractivity contribution in [3.8, 4) is 0 Å². The molecule has 1 heterocycles. The minimum Gasteiger partial charge on any atom is -0.481 e. The molecule has 0 bridgehead atoms. The Bertz CT molecular complexity index is 611. The Labute approximate surface area is 99.2 Å². The van der Waals surface area contributed by atoms with Crippen molar-refractivity contribution in [2.75, 3.05) is 5.75 Å². The van der Waals surface area contributed by atoms with Crippen LogP contribution in [0.4, 0.5) is 0 Å². The van der Waals surface area contributed by atoms with E-state index < -0.39 is 21.2 Å². The summed E-state index contributed by atoms with van der Waals surface area (Å²) in [5, 5.41) is 9.19. The van der Waals surface area contributed by atoms with Gasteiger partial charge in [0.2, 0.25) is 0 Å². The molecular formula is C12H12O4S. The Hall–Kier alpha value is -1.36. The van der Waals surface area contributed by atoms with E-state index in [-0.39, 0.29) is 5.75 Å². The number of carbonyl (C=O) groups is 1. The van der Waals surface area contributed by atoms with Crippen LogP contribution in [-0.4, -0.2) is 25.2 Å². The van der Waals surface area contributed by atoms with E-state index in [1.165, 1.54) is 0 Å². The minimum absolute atomic E-state index is 0.145. The summed E-state index contributed by atoms with van der Waals surface area (Å²) in [5.74, 6) is -0.709. The van der Waals surface area contributed by atoms with Gasteiger partial charge in [0.05, 0.1) is 16.1 Å². The molecule has 0 aromatic heterocycles. The Morgan fingerprint density at radius 3 is 2.59 bits per heavy atom. The van der Waals surface area contributed by atoms with E-state index in [4.69, 9.17) is 0 Å². The van der Waals surface area contributed by atoms with Crippen molar-refractivity contribution in [1.82, 2.24) is 0 Å². The first kappa shape index (κ1) is 10.8. The fourth-order valence-corrected chi connectivity index (χ4v) is 4.04. The van der Waals surface area contributed by atoms with Crippen LogP contribution in [0.3, 0.4) is 0 Å². The van der Waals surface area contributed by atoms with Gasteiger partial charge in [0, 0.05) is 0 Å². The normalized spacial score (nSPS) is 23.1. The second-order valence-electron chi connectivity index (χ2n) is 4.78. The van der Waals surface area contributed by atoms with Gasteiger partial charge in [0.25, 0.3) is 0 Å². The molecule has 1 N–H and O–H groups in total. The Balaban J connectivity index is 2.15. The van der Waals surface area contributed by atoms with Gasteiger partial charge in [0.1, 0.15) is 0 Å². The maximum atomic E-state index is 11.8. The van der Waals surface area contributed by atoms with Gasteiger partial charge in [-0.1, -0.05) is 12.1 Å². The Morgan fingerprint density at radius 2 is 2.00 bits per heavy atom. The van der Waals surface area contributed by atoms with Crippen LogP contribution >= 0.6 is 0 Å². The second kappa shape index (κ2) is 3.10. The average Bonchev–Trinajstić information content (AvgIpc) is 3.02. The van der Waals surface area contributed by atoms with E-state index in [9.17, 15) is 18.3 Å². The van der Waals surface area contributed by atoms with Crippen molar-refractivity contribution < 1.29 is 18.3 Å². The van der Waals surface area contributed by atoms with Crippen molar-refractivity contribution >= 4 is 15.8 Å². The molecule has 0 atom stereocenters. The van der Waals surface area contributed by atoms with Gasteiger partial charge < -0.3 is 5.11 Å². The van der Waals surface area contributed by atoms with Crippen LogP contribution in [0.15, 0.2) is 23.1 Å². The van der Waals surface area contributed by atoms with Gasteiger partial charge in [-0.3, -0.25) is 4.79 Å². The number of hydrogen-bond acceptors (Lipinski definition) is 3. The lowest BCUT2D eigenvalue weighted by atomic mass is 9.95. The van der Waals surface area contributed by atoms with Crippen molar-refractivity contribution in [2.24, 2.45) is 0 Å². The number of aliphatic carboxylic acids is 1. The number of aryl methyl sites for hydroxylation is 1. The zero-order valence-corrected chi connectivity index (χ0v) is 9.96. The summed E-state index contributed by atoms with van der Waals surface area (Å²) in [6.07, 6.45) is 1.74. The molecule has 1 aromatic rings. The zero-order valence-electron chi connectivity index (χ0n) is 9.14. The molecule has 0 saturated heterocycles. The molecule has 1 aliphatic carbocycles. The van der Waals surface area contributed by atoms with Crippen LogP contribution in [-0.2, 0) is 26.5 Å². The Morgan fingerprint density at radius 1 is 1.29 bits per heavy atom. The number of sulfone groups is 1. The number of carboxylic acids is 1. The fourth-order valence-electron chi connectivity index (χ4n) is 2.45. The van der Waals surface area contributed by atoms with Crippen molar-refractivity contribution in [2.45, 2.75) is 29.6 Å². The summed E-state index contributed by atoms with van der Waals surface area (Å²) in [7, 11) is -3.18. The van der Waals surface area contributed by atoms with Gasteiger partial charge in [0.15, 0.2) is 9.84 Å². The molecule has 1 fully saturated rings. The lowest BCUT2D eigenvalue weighted by molar-refractivity contribution is -0.140. The lowest BCUT2D eigenvalue weighted by Crippen LogP contribution is -2.19. The largest absolute Gasteiger partial charge is 0.481 e. The highest BCUT2D eigenvalue weighted by Crippen LogP contribution is 2.49. The standard InChI is InChI=1S/C12H12O4S/c13-11(14)12(4-5-12)9-2-1-8-3-6-17(15,16)10(8)7-9/h1-2,7H,3-6H2,(H,13,14). The van der Waals surface area contributed by atoms with Crippen LogP contribution < -0.4 is 0 Å². The van der Waals surface area contributed by atoms with E-state index in [1.54, 1.807) is 18.2 Å². The summed E-state index contributed by atoms with van der Waals surface area (Å²) in [4.78, 5) is 11.5. The summed E-state index contributed by atoms with van der Waals surface area (Å²) < 4.78 is 23.6. The SMILES string of the molecule is O=C(O)C1(c2ccc3c(c2)S(=O)(=O)CC3)CC1. The number of benzene rings is 1. The molecule has 90 valence electrons. The third kappa shape index (κ3) is 1.42. The number of fused-ring (bicyclic) bond motifs is 1. The van der Waals surface area contributed by atoms with Gasteiger partial charge in [-0.2, -0.15) is 0 Å². The van der Waals surface area contributed by atoms with Crippen LogP contribution in [0.5, 0.6) is 0 Å². The third-order valence-corrected chi connectivity index (χ3v) is 5.55. The third-order valence-electron chi connectivity index (χ3n) is 3.75. The summed E-state index contributed by atoms with van der Waals surface area (Å²) in [6.45, 7) is 0. The molecule has 0 spiro atoms. The van der Waals surface area contributed by atoms with Crippen LogP contribution in [0.25, 0.3) is 0 Å². The van der Waals surface area contributed by atoms with Crippen LogP contribution in [0.1, 0.15) is 24.0 Å². The van der Waals surface area contributed by atoms with E-state index >= 15 is 0 Å². The first-order chi connectivity index (χ1) is 7.96. The van der Waals surface area contributed by atoms with E-state index in [0.717, 1.165) is 5.56 Å². The summed E-state index contributed by atoms with van der Waals surface area (Å²) in [5.41, 5.74) is 0.622. The summed E-state index contributed by atoms with van der Waals surface area (Å²) >= 11 is 0. The van der Waals surface area contributed by atoms with Gasteiger partial charge in [-0.15, -0.1) is 0 Å². The van der Waals surface area contributed by atoms with Gasteiger partial charge in [-0.25, -0.2) is 8.42 Å². The second-order valence-corrected chi connectivity index (χ2v) is 6.86. The molecule has 0 radical (unpaired) electrons. The molecule has 1 aromatic carbocycles. The molecule has 17 heavy (non-hydrogen) atoms. The average molecular weight is 252 g/mol. The molecule has 0 unspecified atom stereocenters. The molecule has 0 amide bonds. The number of rotatable bonds is 2. The molecule has 1 saturated carbocycles. The zero-order chi connectivity index (χ0) is 12.3. The van der Waals surface area contributed by atoms with Crippen molar-refractivity contribution in [3.63, 3.8) is 0 Å². The Kier molecular flexibility index (Phi) is 1.96. The maximum absolute atomic E-state index is 11.8. The van der Waals surface area contributed by atoms with Crippen molar-refractivity contribution in [1.29, 1.82) is 0 Å². The van der Waals surface area contributed by atoms with E-state index in [2.05, 4.69) is 0 Å². The highest BCUT2D eigenvalue weighted by molar-refractivity contribution is 7.91. The summed E-state index contributed by atoms with van der Waals surface area (Å²) in [6, 6.07) is 5.10. The topological polar surface area (TPSA) is 71.4 Å². The number of carboxylic acid groups (broad SMARTS) is 1. The molecule has 2 aliphatic rings. The lowest BCUT2D eigenvalue weighted by Gasteiger charge is -2.11. The van der Waals surface area contributed by atoms with E-state index in [0.29, 0.717) is 29.7 Å². The molecule has 4 nitrogen and oxygen atoms in total. The molecular weight excluding hydrogens is 240 g/mol. The quantitative estimate of drug-likeness (QED) is 0.856. The predicted octanol–water partition coefficient (Wildman–Crippen LogP) is 1.13. The number of hydrogen-bond donors (Lipinski definition) is 1. The molecule has 3 rings (SSSR count). The first-order valence-electron chi connectivity index (χ1n) is 5.55. The predicted molar refractivity (Wildman–Crippen MR) is 60.7 cm³/mol. The molecule has 5 heteroatoms. The highest BCUT2D eigenvalue weighted by atomic mass is 32.2. The monoisotopic (exact) mass is 252 g/mol. The molecule has 1 aliphatic heterocycles.